The summed E-state index contributed by atoms with van der Waals surface area (Å²) in [5.74, 6) is 0.655. The van der Waals surface area contributed by atoms with Crippen molar-refractivity contribution in [2.45, 2.75) is 38.6 Å². The zero-order valence-corrected chi connectivity index (χ0v) is 16.5. The summed E-state index contributed by atoms with van der Waals surface area (Å²) in [4.78, 5) is 14.9. The number of hydrogen-bond donors (Lipinski definition) is 1. The maximum absolute atomic E-state index is 12.3. The molecule has 1 N–H and O–H groups in total. The van der Waals surface area contributed by atoms with Crippen LogP contribution in [0.4, 0.5) is 0 Å². The Bertz CT molecular complexity index is 733. The molecule has 1 aliphatic rings. The highest BCUT2D eigenvalue weighted by Gasteiger charge is 2.24. The number of amides is 1. The van der Waals surface area contributed by atoms with E-state index in [0.717, 1.165) is 24.4 Å². The molecule has 1 saturated heterocycles. The summed E-state index contributed by atoms with van der Waals surface area (Å²) in [6.07, 6.45) is 7.12. The Morgan fingerprint density at radius 3 is 2.59 bits per heavy atom. The fraction of sp³-hybridized carbons (Fsp3) is 0.500. The maximum Gasteiger partial charge on any atom is 0.258 e. The molecule has 0 aliphatic carbocycles. The first-order valence-corrected chi connectivity index (χ1v) is 9.95. The smallest absolute Gasteiger partial charge is 0.258 e. The van der Waals surface area contributed by atoms with Crippen LogP contribution >= 0.6 is 0 Å². The van der Waals surface area contributed by atoms with Gasteiger partial charge in [-0.2, -0.15) is 0 Å². The molecular weight excluding hydrogens is 338 g/mol. The molecule has 0 saturated carbocycles. The monoisotopic (exact) mass is 369 g/mol. The zero-order chi connectivity index (χ0) is 19.1. The van der Waals surface area contributed by atoms with Crippen molar-refractivity contribution in [3.8, 4) is 5.75 Å². The van der Waals surface area contributed by atoms with Gasteiger partial charge in [0.25, 0.3) is 5.91 Å². The summed E-state index contributed by atoms with van der Waals surface area (Å²) in [6.45, 7) is 4.84. The fourth-order valence-electron chi connectivity index (χ4n) is 3.76. The quantitative estimate of drug-likeness (QED) is 0.813. The van der Waals surface area contributed by atoms with Crippen LogP contribution in [0.3, 0.4) is 0 Å². The van der Waals surface area contributed by atoms with Gasteiger partial charge in [-0.15, -0.1) is 0 Å². The van der Waals surface area contributed by atoms with Crippen LogP contribution in [-0.4, -0.2) is 41.6 Å². The van der Waals surface area contributed by atoms with Gasteiger partial charge in [0.15, 0.2) is 6.61 Å². The Hall–Kier alpha value is -2.27. The molecule has 0 spiro atoms. The Morgan fingerprint density at radius 1 is 1.15 bits per heavy atom. The summed E-state index contributed by atoms with van der Waals surface area (Å²) >= 11 is 0. The normalized spacial score (nSPS) is 16.5. The number of benzene rings is 1. The van der Waals surface area contributed by atoms with Crippen molar-refractivity contribution >= 4 is 5.91 Å². The highest BCUT2D eigenvalue weighted by Crippen LogP contribution is 2.24. The van der Waals surface area contributed by atoms with Crippen molar-refractivity contribution in [3.05, 3.63) is 53.9 Å². The van der Waals surface area contributed by atoms with Gasteiger partial charge < -0.3 is 14.6 Å². The minimum Gasteiger partial charge on any atom is -0.484 e. The summed E-state index contributed by atoms with van der Waals surface area (Å²) in [7, 11) is 2.07. The maximum atomic E-state index is 12.3. The average molecular weight is 370 g/mol. The first kappa shape index (κ1) is 19.5. The van der Waals surface area contributed by atoms with E-state index in [9.17, 15) is 4.79 Å². The van der Waals surface area contributed by atoms with E-state index in [0.29, 0.717) is 6.54 Å². The van der Waals surface area contributed by atoms with E-state index in [-0.39, 0.29) is 18.6 Å². The number of carbonyl (C=O) groups excluding carboxylic acids is 1. The highest BCUT2D eigenvalue weighted by atomic mass is 16.5. The average Bonchev–Trinajstić information content (AvgIpc) is 2.91. The van der Waals surface area contributed by atoms with Gasteiger partial charge in [-0.25, -0.2) is 0 Å². The lowest BCUT2D eigenvalue weighted by Crippen LogP contribution is -2.40. The number of nitrogens with one attached hydrogen (secondary N) is 1. The molecule has 1 aliphatic heterocycles. The molecule has 27 heavy (non-hydrogen) atoms. The van der Waals surface area contributed by atoms with Crippen molar-refractivity contribution in [1.29, 1.82) is 0 Å². The van der Waals surface area contributed by atoms with E-state index >= 15 is 0 Å². The zero-order valence-electron chi connectivity index (χ0n) is 16.5. The van der Waals surface area contributed by atoms with E-state index in [1.54, 1.807) is 0 Å². The van der Waals surface area contributed by atoms with E-state index < -0.39 is 0 Å². The molecule has 5 nitrogen and oxygen atoms in total. The van der Waals surface area contributed by atoms with Gasteiger partial charge in [-0.1, -0.05) is 25.0 Å². The summed E-state index contributed by atoms with van der Waals surface area (Å²) in [5, 5.41) is 3.08. The van der Waals surface area contributed by atoms with Crippen LogP contribution in [-0.2, 0) is 11.8 Å². The van der Waals surface area contributed by atoms with Gasteiger partial charge in [0.1, 0.15) is 5.75 Å². The molecule has 2 heterocycles. The molecule has 5 heteroatoms. The Labute approximate surface area is 162 Å². The van der Waals surface area contributed by atoms with Gasteiger partial charge in [-0.05, 0) is 62.7 Å². The predicted molar refractivity (Wildman–Crippen MR) is 108 cm³/mol. The number of hydrogen-bond acceptors (Lipinski definition) is 3. The van der Waals surface area contributed by atoms with Crippen LogP contribution in [0.25, 0.3) is 0 Å². The number of aryl methyl sites for hydroxylation is 2. The lowest BCUT2D eigenvalue weighted by molar-refractivity contribution is -0.123. The molecule has 1 amide bonds. The Morgan fingerprint density at radius 2 is 1.93 bits per heavy atom. The lowest BCUT2D eigenvalue weighted by Gasteiger charge is -2.31. The molecule has 1 fully saturated rings. The number of likely N-dealkylation sites (tertiary alicyclic amines) is 1. The van der Waals surface area contributed by atoms with Gasteiger partial charge in [0.2, 0.25) is 0 Å². The Balaban J connectivity index is 1.58. The van der Waals surface area contributed by atoms with E-state index in [1.165, 1.54) is 31.4 Å². The van der Waals surface area contributed by atoms with Crippen molar-refractivity contribution in [2.75, 3.05) is 26.2 Å². The van der Waals surface area contributed by atoms with Crippen LogP contribution in [0.1, 0.15) is 43.0 Å². The largest absolute Gasteiger partial charge is 0.484 e. The second-order valence-corrected chi connectivity index (χ2v) is 7.42. The third-order valence-electron chi connectivity index (χ3n) is 5.26. The van der Waals surface area contributed by atoms with Crippen LogP contribution in [0.2, 0.25) is 0 Å². The second kappa shape index (κ2) is 9.60. The molecule has 0 bridgehead atoms. The number of aromatic nitrogens is 1. The number of ether oxygens (including phenoxy) is 1. The highest BCUT2D eigenvalue weighted by molar-refractivity contribution is 5.77. The molecule has 1 unspecified atom stereocenters. The third kappa shape index (κ3) is 5.60. The molecule has 3 rings (SSSR count). The molecule has 2 aromatic rings. The standard InChI is InChI=1S/C22H31N3O2/c1-18-9-7-10-19(15-18)27-17-22(26)23-16-21(20-11-8-12-24(20)2)25-13-5-3-4-6-14-25/h7-12,15,21H,3-6,13-14,16-17H2,1-2H3,(H,23,26). The van der Waals surface area contributed by atoms with Gasteiger partial charge in [0, 0.05) is 25.5 Å². The Kier molecular flexibility index (Phi) is 6.93. The van der Waals surface area contributed by atoms with E-state index in [4.69, 9.17) is 4.74 Å². The SMILES string of the molecule is Cc1cccc(OCC(=O)NCC(c2cccn2C)N2CCCCCC2)c1. The molecule has 1 aromatic heterocycles. The first-order chi connectivity index (χ1) is 13.1. The topological polar surface area (TPSA) is 46.5 Å². The molecular formula is C22H31N3O2. The number of rotatable bonds is 7. The molecule has 0 radical (unpaired) electrons. The minimum absolute atomic E-state index is 0.0450. The van der Waals surface area contributed by atoms with E-state index in [2.05, 4.69) is 40.2 Å². The van der Waals surface area contributed by atoms with Gasteiger partial charge >= 0.3 is 0 Å². The molecule has 1 aromatic carbocycles. The lowest BCUT2D eigenvalue weighted by atomic mass is 10.1. The van der Waals surface area contributed by atoms with Gasteiger partial charge in [0.05, 0.1) is 6.04 Å². The van der Waals surface area contributed by atoms with Crippen LogP contribution in [0, 0.1) is 6.92 Å². The van der Waals surface area contributed by atoms with Crippen molar-refractivity contribution in [3.63, 3.8) is 0 Å². The summed E-state index contributed by atoms with van der Waals surface area (Å²) in [5.41, 5.74) is 2.37. The summed E-state index contributed by atoms with van der Waals surface area (Å²) in [6, 6.07) is 12.2. The van der Waals surface area contributed by atoms with Crippen molar-refractivity contribution in [1.82, 2.24) is 14.8 Å². The first-order valence-electron chi connectivity index (χ1n) is 9.95. The fourth-order valence-corrected chi connectivity index (χ4v) is 3.76. The third-order valence-corrected chi connectivity index (χ3v) is 5.26. The predicted octanol–water partition coefficient (Wildman–Crippen LogP) is 3.45. The minimum atomic E-state index is -0.0782. The van der Waals surface area contributed by atoms with Crippen molar-refractivity contribution < 1.29 is 9.53 Å². The van der Waals surface area contributed by atoms with Gasteiger partial charge in [-0.3, -0.25) is 9.69 Å². The van der Waals surface area contributed by atoms with Crippen molar-refractivity contribution in [2.24, 2.45) is 7.05 Å². The molecule has 1 atom stereocenters. The number of nitrogens with zero attached hydrogens (tertiary/aromatic N) is 2. The molecule has 146 valence electrons. The van der Waals surface area contributed by atoms with Crippen LogP contribution in [0.15, 0.2) is 42.6 Å². The van der Waals surface area contributed by atoms with E-state index in [1.807, 2.05) is 31.2 Å². The van der Waals surface area contributed by atoms with Crippen LogP contribution in [0.5, 0.6) is 5.75 Å². The summed E-state index contributed by atoms with van der Waals surface area (Å²) < 4.78 is 7.79. The second-order valence-electron chi connectivity index (χ2n) is 7.42. The number of carbonyl (C=O) groups is 1. The van der Waals surface area contributed by atoms with Crippen LogP contribution < -0.4 is 10.1 Å².